The molecule has 3 heteroatoms. The highest BCUT2D eigenvalue weighted by molar-refractivity contribution is 9.11. The van der Waals surface area contributed by atoms with E-state index in [1.165, 1.54) is 6.42 Å². The van der Waals surface area contributed by atoms with Crippen molar-refractivity contribution in [2.24, 2.45) is 0 Å². The first kappa shape index (κ1) is 17.8. The molecule has 0 bridgehead atoms. The molecular weight excluding hydrogens is 304 g/mol. The SMILES string of the molecule is OC[C@H](O)C#CC#CCCCCCCC#C/C=C\Br. The highest BCUT2D eigenvalue weighted by Gasteiger charge is 1.90. The largest absolute Gasteiger partial charge is 0.393 e. The number of hydrogen-bond donors (Lipinski definition) is 2. The zero-order chi connectivity index (χ0) is 14.2. The fourth-order valence-electron chi connectivity index (χ4n) is 1.21. The fourth-order valence-corrected chi connectivity index (χ4v) is 1.35. The minimum absolute atomic E-state index is 0.344. The number of allylic oxidation sites excluding steroid dienone is 1. The topological polar surface area (TPSA) is 40.5 Å². The van der Waals surface area contributed by atoms with Gasteiger partial charge in [-0.15, -0.1) is 0 Å². The number of hydrogen-bond acceptors (Lipinski definition) is 2. The molecule has 0 fully saturated rings. The van der Waals surface area contributed by atoms with Gasteiger partial charge in [-0.25, -0.2) is 0 Å². The van der Waals surface area contributed by atoms with Crippen LogP contribution in [0.25, 0.3) is 0 Å². The van der Waals surface area contributed by atoms with E-state index in [0.717, 1.165) is 32.1 Å². The van der Waals surface area contributed by atoms with Crippen LogP contribution in [0.3, 0.4) is 0 Å². The first-order valence-electron chi connectivity index (χ1n) is 6.32. The molecule has 0 aromatic carbocycles. The number of aliphatic hydroxyl groups is 2. The summed E-state index contributed by atoms with van der Waals surface area (Å²) >= 11 is 3.16. The molecule has 0 saturated carbocycles. The van der Waals surface area contributed by atoms with Crippen LogP contribution in [-0.4, -0.2) is 22.9 Å². The van der Waals surface area contributed by atoms with Crippen molar-refractivity contribution < 1.29 is 10.2 Å². The van der Waals surface area contributed by atoms with Crippen LogP contribution in [-0.2, 0) is 0 Å². The molecular formula is C16H19BrO2. The normalized spacial score (nSPS) is 10.7. The molecule has 1 atom stereocenters. The summed E-state index contributed by atoms with van der Waals surface area (Å²) in [6.45, 7) is -0.344. The summed E-state index contributed by atoms with van der Waals surface area (Å²) in [5.41, 5.74) is 0. The van der Waals surface area contributed by atoms with E-state index in [2.05, 4.69) is 51.5 Å². The summed E-state index contributed by atoms with van der Waals surface area (Å²) in [6, 6.07) is 0. The summed E-state index contributed by atoms with van der Waals surface area (Å²) in [7, 11) is 0. The Morgan fingerprint density at radius 3 is 2.32 bits per heavy atom. The van der Waals surface area contributed by atoms with E-state index in [1.807, 2.05) is 0 Å². The van der Waals surface area contributed by atoms with Crippen LogP contribution in [0.2, 0.25) is 0 Å². The van der Waals surface area contributed by atoms with E-state index in [9.17, 15) is 0 Å². The van der Waals surface area contributed by atoms with Gasteiger partial charge >= 0.3 is 0 Å². The Kier molecular flexibility index (Phi) is 14.0. The molecule has 0 spiro atoms. The predicted octanol–water partition coefficient (Wildman–Crippen LogP) is 2.60. The first-order valence-corrected chi connectivity index (χ1v) is 7.23. The zero-order valence-corrected chi connectivity index (χ0v) is 12.5. The Bertz CT molecular complexity index is 421. The first-order chi connectivity index (χ1) is 9.31. The standard InChI is InChI=1S/C16H19BrO2/c17-14-12-10-8-6-4-2-1-3-5-7-9-11-13-16(19)15-18/h12,14,16,18-19H,1-6,15H2/b14-12-/t16-/m1/s1. The van der Waals surface area contributed by atoms with Crippen molar-refractivity contribution in [3.63, 3.8) is 0 Å². The van der Waals surface area contributed by atoms with Crippen LogP contribution in [0.5, 0.6) is 0 Å². The van der Waals surface area contributed by atoms with Gasteiger partial charge in [-0.05, 0) is 35.7 Å². The lowest BCUT2D eigenvalue weighted by Gasteiger charge is -1.94. The molecule has 0 saturated heterocycles. The third kappa shape index (κ3) is 14.8. The van der Waals surface area contributed by atoms with Gasteiger partial charge in [0.15, 0.2) is 0 Å². The maximum Gasteiger partial charge on any atom is 0.138 e. The Balaban J connectivity index is 3.43. The van der Waals surface area contributed by atoms with Crippen molar-refractivity contribution in [2.75, 3.05) is 6.61 Å². The van der Waals surface area contributed by atoms with E-state index >= 15 is 0 Å². The van der Waals surface area contributed by atoms with Crippen molar-refractivity contribution >= 4 is 15.9 Å². The Morgan fingerprint density at radius 1 is 1.00 bits per heavy atom. The molecule has 0 amide bonds. The summed E-state index contributed by atoms with van der Waals surface area (Å²) in [5, 5.41) is 17.4. The van der Waals surface area contributed by atoms with E-state index in [-0.39, 0.29) is 6.61 Å². The zero-order valence-electron chi connectivity index (χ0n) is 11.0. The molecule has 102 valence electrons. The minimum atomic E-state index is -0.977. The molecule has 19 heavy (non-hydrogen) atoms. The minimum Gasteiger partial charge on any atom is -0.393 e. The van der Waals surface area contributed by atoms with Gasteiger partial charge in [-0.2, -0.15) is 0 Å². The smallest absolute Gasteiger partial charge is 0.138 e. The predicted molar refractivity (Wildman–Crippen MR) is 82.2 cm³/mol. The molecule has 0 heterocycles. The lowest BCUT2D eigenvalue weighted by Crippen LogP contribution is -2.07. The van der Waals surface area contributed by atoms with E-state index in [4.69, 9.17) is 10.2 Å². The van der Waals surface area contributed by atoms with Crippen molar-refractivity contribution in [3.05, 3.63) is 11.1 Å². The molecule has 0 aromatic heterocycles. The Morgan fingerprint density at radius 2 is 1.68 bits per heavy atom. The molecule has 0 rings (SSSR count). The van der Waals surface area contributed by atoms with Crippen LogP contribution < -0.4 is 0 Å². The summed E-state index contributed by atoms with van der Waals surface area (Å²) < 4.78 is 0. The third-order valence-corrected chi connectivity index (χ3v) is 2.43. The van der Waals surface area contributed by atoms with Crippen molar-refractivity contribution in [3.8, 4) is 35.5 Å². The molecule has 0 unspecified atom stereocenters. The highest BCUT2D eigenvalue weighted by atomic mass is 79.9. The number of aliphatic hydroxyl groups excluding tert-OH is 2. The maximum absolute atomic E-state index is 8.93. The van der Waals surface area contributed by atoms with Gasteiger partial charge in [0.1, 0.15) is 6.10 Å². The third-order valence-electron chi connectivity index (χ3n) is 2.16. The van der Waals surface area contributed by atoms with Crippen molar-refractivity contribution in [1.29, 1.82) is 0 Å². The molecule has 0 radical (unpaired) electrons. The Hall–Kier alpha value is -1.18. The summed E-state index contributed by atoms with van der Waals surface area (Å²) in [6.07, 6.45) is 7.07. The van der Waals surface area contributed by atoms with Gasteiger partial charge < -0.3 is 10.2 Å². The molecule has 2 nitrogen and oxygen atoms in total. The molecule has 0 aliphatic heterocycles. The van der Waals surface area contributed by atoms with E-state index in [0.29, 0.717) is 0 Å². The quantitative estimate of drug-likeness (QED) is 0.583. The van der Waals surface area contributed by atoms with Crippen LogP contribution in [0.1, 0.15) is 38.5 Å². The van der Waals surface area contributed by atoms with Crippen LogP contribution in [0, 0.1) is 35.5 Å². The molecule has 2 N–H and O–H groups in total. The van der Waals surface area contributed by atoms with Gasteiger partial charge in [0.05, 0.1) is 6.61 Å². The van der Waals surface area contributed by atoms with Crippen molar-refractivity contribution in [2.45, 2.75) is 44.6 Å². The number of rotatable bonds is 6. The lowest BCUT2D eigenvalue weighted by molar-refractivity contribution is 0.138. The number of halogens is 1. The number of unbranched alkanes of at least 4 members (excludes halogenated alkanes) is 5. The second kappa shape index (κ2) is 14.9. The monoisotopic (exact) mass is 322 g/mol. The van der Waals surface area contributed by atoms with Gasteiger partial charge in [-0.3, -0.25) is 0 Å². The van der Waals surface area contributed by atoms with Gasteiger partial charge in [0, 0.05) is 12.8 Å². The van der Waals surface area contributed by atoms with E-state index in [1.54, 1.807) is 11.1 Å². The van der Waals surface area contributed by atoms with Gasteiger partial charge in [0.25, 0.3) is 0 Å². The van der Waals surface area contributed by atoms with Gasteiger partial charge in [0.2, 0.25) is 0 Å². The maximum atomic E-state index is 8.93. The van der Waals surface area contributed by atoms with E-state index < -0.39 is 6.10 Å². The second-order valence-electron chi connectivity index (χ2n) is 3.80. The molecule has 0 aliphatic carbocycles. The highest BCUT2D eigenvalue weighted by Crippen LogP contribution is 2.04. The second-order valence-corrected chi connectivity index (χ2v) is 4.33. The molecule has 0 aromatic rings. The van der Waals surface area contributed by atoms with Crippen LogP contribution in [0.4, 0.5) is 0 Å². The average molecular weight is 323 g/mol. The van der Waals surface area contributed by atoms with Crippen LogP contribution in [0.15, 0.2) is 11.1 Å². The van der Waals surface area contributed by atoms with Crippen molar-refractivity contribution in [1.82, 2.24) is 0 Å². The fraction of sp³-hybridized carbons (Fsp3) is 0.500. The average Bonchev–Trinajstić information content (AvgIpc) is 2.43. The summed E-state index contributed by atoms with van der Waals surface area (Å²) in [4.78, 5) is 1.75. The van der Waals surface area contributed by atoms with Crippen LogP contribution >= 0.6 is 15.9 Å². The Labute approximate surface area is 124 Å². The lowest BCUT2D eigenvalue weighted by atomic mass is 10.1. The molecule has 0 aliphatic rings. The van der Waals surface area contributed by atoms with Gasteiger partial charge in [-0.1, -0.05) is 52.5 Å². The summed E-state index contributed by atoms with van der Waals surface area (Å²) in [5.74, 6) is 16.5.